The first-order valence-corrected chi connectivity index (χ1v) is 7.26. The smallest absolute Gasteiger partial charge is 0.241 e. The van der Waals surface area contributed by atoms with Crippen molar-refractivity contribution in [1.82, 2.24) is 4.90 Å². The Kier molecular flexibility index (Phi) is 6.20. The number of hydrogen-bond acceptors (Lipinski definition) is 3. The topological polar surface area (TPSA) is 58.4 Å². The summed E-state index contributed by atoms with van der Waals surface area (Å²) in [5.74, 6) is 0.0440. The van der Waals surface area contributed by atoms with E-state index in [9.17, 15) is 4.79 Å². The summed E-state index contributed by atoms with van der Waals surface area (Å²) in [6, 6.07) is 9.66. The molecule has 2 rings (SSSR count). The fraction of sp³-hybridized carbons (Fsp3) is 0.562. The summed E-state index contributed by atoms with van der Waals surface area (Å²) in [6.45, 7) is 8.05. The van der Waals surface area contributed by atoms with E-state index in [0.717, 1.165) is 25.2 Å². The van der Waals surface area contributed by atoms with E-state index in [2.05, 4.69) is 24.1 Å². The third kappa shape index (κ3) is 4.43. The van der Waals surface area contributed by atoms with Gasteiger partial charge in [-0.3, -0.25) is 9.69 Å². The zero-order valence-electron chi connectivity index (χ0n) is 13.0. The predicted octanol–water partition coefficient (Wildman–Crippen LogP) is 2.49. The molecule has 1 amide bonds. The van der Waals surface area contributed by atoms with Crippen LogP contribution in [0.2, 0.25) is 0 Å². The molecule has 0 saturated carbocycles. The maximum atomic E-state index is 12.3. The van der Waals surface area contributed by atoms with Gasteiger partial charge in [-0.15, -0.1) is 12.4 Å². The van der Waals surface area contributed by atoms with Gasteiger partial charge in [0.15, 0.2) is 0 Å². The Morgan fingerprint density at radius 2 is 2.00 bits per heavy atom. The minimum absolute atomic E-state index is 0. The van der Waals surface area contributed by atoms with Gasteiger partial charge in [-0.05, 0) is 30.9 Å². The molecule has 1 aliphatic rings. The van der Waals surface area contributed by atoms with Crippen molar-refractivity contribution in [3.05, 3.63) is 30.3 Å². The number of hydrogen-bond donors (Lipinski definition) is 2. The number of carbonyl (C=O) groups excluding carboxylic acids is 1. The van der Waals surface area contributed by atoms with Crippen LogP contribution in [0.15, 0.2) is 30.3 Å². The minimum Gasteiger partial charge on any atom is -0.327 e. The van der Waals surface area contributed by atoms with Crippen LogP contribution >= 0.6 is 12.4 Å². The molecule has 1 aromatic rings. The molecule has 1 fully saturated rings. The van der Waals surface area contributed by atoms with Gasteiger partial charge < -0.3 is 11.1 Å². The summed E-state index contributed by atoms with van der Waals surface area (Å²) in [6.07, 6.45) is 0.940. The molecule has 1 heterocycles. The number of rotatable bonds is 3. The molecule has 118 valence electrons. The Hall–Kier alpha value is -1.10. The number of likely N-dealkylation sites (tertiary alicyclic amines) is 1. The van der Waals surface area contributed by atoms with Crippen LogP contribution in [0.3, 0.4) is 0 Å². The molecule has 4 nitrogen and oxygen atoms in total. The first kappa shape index (κ1) is 18.0. The summed E-state index contributed by atoms with van der Waals surface area (Å²) in [4.78, 5) is 14.5. The highest BCUT2D eigenvalue weighted by Gasteiger charge is 2.36. The second kappa shape index (κ2) is 7.25. The van der Waals surface area contributed by atoms with Crippen LogP contribution in [0.1, 0.15) is 27.2 Å². The van der Waals surface area contributed by atoms with E-state index in [0.29, 0.717) is 0 Å². The number of anilines is 1. The monoisotopic (exact) mass is 311 g/mol. The molecule has 0 spiro atoms. The molecule has 3 N–H and O–H groups in total. The second-order valence-corrected chi connectivity index (χ2v) is 6.39. The molecule has 2 unspecified atom stereocenters. The largest absolute Gasteiger partial charge is 0.327 e. The third-order valence-electron chi connectivity index (χ3n) is 4.31. The van der Waals surface area contributed by atoms with Crippen molar-refractivity contribution in [2.75, 3.05) is 18.4 Å². The molecule has 0 bridgehead atoms. The number of para-hydroxylation sites is 1. The van der Waals surface area contributed by atoms with E-state index < -0.39 is 0 Å². The van der Waals surface area contributed by atoms with Gasteiger partial charge in [0.1, 0.15) is 0 Å². The second-order valence-electron chi connectivity index (χ2n) is 6.39. The fourth-order valence-electron chi connectivity index (χ4n) is 2.68. The Bertz CT molecular complexity index is 464. The lowest BCUT2D eigenvalue weighted by Gasteiger charge is -2.44. The average molecular weight is 312 g/mol. The van der Waals surface area contributed by atoms with Crippen molar-refractivity contribution < 1.29 is 4.79 Å². The number of nitrogens with one attached hydrogen (secondary N) is 1. The molecule has 0 aromatic heterocycles. The number of carbonyl (C=O) groups is 1. The number of halogens is 1. The molecule has 0 radical (unpaired) electrons. The highest BCUT2D eigenvalue weighted by molar-refractivity contribution is 5.94. The maximum Gasteiger partial charge on any atom is 0.241 e. The molecular weight excluding hydrogens is 286 g/mol. The summed E-state index contributed by atoms with van der Waals surface area (Å²) >= 11 is 0. The van der Waals surface area contributed by atoms with Crippen molar-refractivity contribution in [3.8, 4) is 0 Å². The summed E-state index contributed by atoms with van der Waals surface area (Å²) in [5.41, 5.74) is 7.05. The van der Waals surface area contributed by atoms with Crippen LogP contribution in [0.5, 0.6) is 0 Å². The Morgan fingerprint density at radius 1 is 1.38 bits per heavy atom. The zero-order valence-corrected chi connectivity index (χ0v) is 13.8. The molecule has 1 saturated heterocycles. The number of benzene rings is 1. The van der Waals surface area contributed by atoms with E-state index in [1.165, 1.54) is 0 Å². The zero-order chi connectivity index (χ0) is 14.8. The van der Waals surface area contributed by atoms with Crippen LogP contribution in [-0.2, 0) is 4.79 Å². The van der Waals surface area contributed by atoms with E-state index >= 15 is 0 Å². The molecule has 1 aliphatic heterocycles. The van der Waals surface area contributed by atoms with Crippen LogP contribution in [0.25, 0.3) is 0 Å². The Labute approximate surface area is 133 Å². The predicted molar refractivity (Wildman–Crippen MR) is 89.7 cm³/mol. The van der Waals surface area contributed by atoms with Crippen LogP contribution < -0.4 is 11.1 Å². The first-order valence-electron chi connectivity index (χ1n) is 7.26. The van der Waals surface area contributed by atoms with Crippen molar-refractivity contribution in [2.45, 2.75) is 39.3 Å². The lowest BCUT2D eigenvalue weighted by Crippen LogP contribution is -2.56. The highest BCUT2D eigenvalue weighted by atomic mass is 35.5. The van der Waals surface area contributed by atoms with E-state index in [1.807, 2.05) is 37.3 Å². The quantitative estimate of drug-likeness (QED) is 0.901. The fourth-order valence-corrected chi connectivity index (χ4v) is 2.68. The summed E-state index contributed by atoms with van der Waals surface area (Å²) in [5, 5.41) is 2.97. The summed E-state index contributed by atoms with van der Waals surface area (Å²) < 4.78 is 0. The Balaban J connectivity index is 0.00000220. The van der Waals surface area contributed by atoms with Crippen LogP contribution in [-0.4, -0.2) is 36.0 Å². The van der Waals surface area contributed by atoms with Crippen molar-refractivity contribution in [1.29, 1.82) is 0 Å². The SMILES string of the molecule is CC(C(=O)Nc1ccccc1)N1CCC(N)C(C)(C)C1.Cl. The third-order valence-corrected chi connectivity index (χ3v) is 4.31. The van der Waals surface area contributed by atoms with E-state index in [4.69, 9.17) is 5.73 Å². The standard InChI is InChI=1S/C16H25N3O.ClH/c1-12(15(20)18-13-7-5-4-6-8-13)19-10-9-14(17)16(2,3)11-19;/h4-8,12,14H,9-11,17H2,1-3H3,(H,18,20);1H. The number of nitrogens with two attached hydrogens (primary N) is 1. The van der Waals surface area contributed by atoms with Crippen LogP contribution in [0.4, 0.5) is 5.69 Å². The number of nitrogens with zero attached hydrogens (tertiary/aromatic N) is 1. The molecule has 5 heteroatoms. The summed E-state index contributed by atoms with van der Waals surface area (Å²) in [7, 11) is 0. The normalized spacial score (nSPS) is 23.0. The Morgan fingerprint density at radius 3 is 2.57 bits per heavy atom. The van der Waals surface area contributed by atoms with E-state index in [-0.39, 0.29) is 35.8 Å². The van der Waals surface area contributed by atoms with Gasteiger partial charge in [-0.25, -0.2) is 0 Å². The van der Waals surface area contributed by atoms with Crippen molar-refractivity contribution >= 4 is 24.0 Å². The van der Waals surface area contributed by atoms with Gasteiger partial charge in [-0.2, -0.15) is 0 Å². The molecule has 21 heavy (non-hydrogen) atoms. The van der Waals surface area contributed by atoms with Gasteiger partial charge >= 0.3 is 0 Å². The van der Waals surface area contributed by atoms with Crippen molar-refractivity contribution in [2.24, 2.45) is 11.1 Å². The highest BCUT2D eigenvalue weighted by Crippen LogP contribution is 2.28. The maximum absolute atomic E-state index is 12.3. The van der Waals surface area contributed by atoms with E-state index in [1.54, 1.807) is 0 Å². The first-order chi connectivity index (χ1) is 9.40. The number of piperidine rings is 1. The van der Waals surface area contributed by atoms with Gasteiger partial charge in [0.05, 0.1) is 6.04 Å². The number of amides is 1. The molecule has 0 aliphatic carbocycles. The minimum atomic E-state index is -0.137. The van der Waals surface area contributed by atoms with Gasteiger partial charge in [-0.1, -0.05) is 32.0 Å². The molecular formula is C16H26ClN3O. The van der Waals surface area contributed by atoms with Crippen molar-refractivity contribution in [3.63, 3.8) is 0 Å². The van der Waals surface area contributed by atoms with Crippen LogP contribution in [0, 0.1) is 5.41 Å². The van der Waals surface area contributed by atoms with Gasteiger partial charge in [0.2, 0.25) is 5.91 Å². The van der Waals surface area contributed by atoms with Gasteiger partial charge in [0.25, 0.3) is 0 Å². The average Bonchev–Trinajstić information content (AvgIpc) is 2.42. The lowest BCUT2D eigenvalue weighted by molar-refractivity contribution is -0.122. The molecule has 1 aromatic carbocycles. The lowest BCUT2D eigenvalue weighted by atomic mass is 9.79. The van der Waals surface area contributed by atoms with Gasteiger partial charge in [0, 0.05) is 24.8 Å². The molecule has 2 atom stereocenters.